The van der Waals surface area contributed by atoms with Gasteiger partial charge >= 0.3 is 0 Å². The Morgan fingerprint density at radius 3 is 2.64 bits per heavy atom. The first-order chi connectivity index (χ1) is 13.1. The number of benzene rings is 1. The zero-order valence-corrected chi connectivity index (χ0v) is 17.9. The van der Waals surface area contributed by atoms with Crippen LogP contribution in [-0.2, 0) is 9.59 Å². The molecular formula is C21H22ClN3O2S. The highest BCUT2D eigenvalue weighted by Crippen LogP contribution is 2.41. The molecule has 28 heavy (non-hydrogen) atoms. The van der Waals surface area contributed by atoms with Gasteiger partial charge in [-0.1, -0.05) is 23.8 Å². The number of thiocarbonyl (C=S) groups is 1. The van der Waals surface area contributed by atoms with Crippen molar-refractivity contribution >= 4 is 58.1 Å². The molecule has 0 saturated carbocycles. The van der Waals surface area contributed by atoms with Crippen molar-refractivity contribution in [1.82, 2.24) is 10.2 Å². The predicted molar refractivity (Wildman–Crippen MR) is 118 cm³/mol. The van der Waals surface area contributed by atoms with Gasteiger partial charge < -0.3 is 4.90 Å². The summed E-state index contributed by atoms with van der Waals surface area (Å²) in [5.74, 6) is -0.998. The lowest BCUT2D eigenvalue weighted by atomic mass is 9.88. The number of allylic oxidation sites excluding steroid dienone is 1. The molecule has 2 heterocycles. The maximum atomic E-state index is 12.7. The minimum Gasteiger partial charge on any atom is -0.365 e. The lowest BCUT2D eigenvalue weighted by Gasteiger charge is -2.40. The van der Waals surface area contributed by atoms with Crippen LogP contribution in [0.2, 0.25) is 5.02 Å². The largest absolute Gasteiger partial charge is 0.365 e. The summed E-state index contributed by atoms with van der Waals surface area (Å²) in [4.78, 5) is 28.6. The molecule has 1 aromatic carbocycles. The quantitative estimate of drug-likeness (QED) is 0.353. The van der Waals surface area contributed by atoms with Crippen LogP contribution in [-0.4, -0.2) is 41.0 Å². The van der Waals surface area contributed by atoms with Crippen LogP contribution in [0.3, 0.4) is 0 Å². The van der Waals surface area contributed by atoms with Crippen molar-refractivity contribution < 1.29 is 9.59 Å². The van der Waals surface area contributed by atoms with Gasteiger partial charge in [0.15, 0.2) is 5.11 Å². The van der Waals surface area contributed by atoms with Gasteiger partial charge in [0.05, 0.1) is 5.54 Å². The van der Waals surface area contributed by atoms with Crippen LogP contribution >= 0.6 is 23.8 Å². The summed E-state index contributed by atoms with van der Waals surface area (Å²) < 4.78 is 0. The van der Waals surface area contributed by atoms with E-state index in [1.165, 1.54) is 11.0 Å². The Kier molecular flexibility index (Phi) is 5.21. The first-order valence-electron chi connectivity index (χ1n) is 8.84. The molecule has 2 aliphatic rings. The molecule has 146 valence electrons. The Balaban J connectivity index is 2.09. The molecule has 0 atom stereocenters. The summed E-state index contributed by atoms with van der Waals surface area (Å²) in [6.07, 6.45) is 5.25. The van der Waals surface area contributed by atoms with Crippen molar-refractivity contribution in [2.45, 2.75) is 26.3 Å². The smallest absolute Gasteiger partial charge is 0.265 e. The number of likely N-dealkylation sites (N-methyl/N-ethyl adjacent to an activating group) is 1. The molecule has 1 saturated heterocycles. The highest BCUT2D eigenvalue weighted by atomic mass is 35.5. The van der Waals surface area contributed by atoms with Crippen molar-refractivity contribution in [3.63, 3.8) is 0 Å². The number of hydrogen-bond donors (Lipinski definition) is 1. The van der Waals surface area contributed by atoms with Gasteiger partial charge in [-0.2, -0.15) is 0 Å². The number of nitrogens with one attached hydrogen (secondary N) is 1. The Labute approximate surface area is 175 Å². The van der Waals surface area contributed by atoms with E-state index in [1.54, 1.807) is 6.08 Å². The van der Waals surface area contributed by atoms with E-state index in [0.717, 1.165) is 16.8 Å². The molecular weight excluding hydrogens is 394 g/mol. The summed E-state index contributed by atoms with van der Waals surface area (Å²) in [6.45, 7) is 10.1. The van der Waals surface area contributed by atoms with Gasteiger partial charge in [-0.05, 0) is 62.3 Å². The molecule has 1 aromatic rings. The van der Waals surface area contributed by atoms with Crippen LogP contribution in [0.4, 0.5) is 5.69 Å². The van der Waals surface area contributed by atoms with Gasteiger partial charge in [-0.15, -0.1) is 6.58 Å². The lowest BCUT2D eigenvalue weighted by Crippen LogP contribution is -2.53. The maximum Gasteiger partial charge on any atom is 0.265 e. The molecule has 1 N–H and O–H groups in total. The number of carbonyl (C=O) groups excluding carboxylic acids is 2. The minimum absolute atomic E-state index is 0.0107. The van der Waals surface area contributed by atoms with Crippen LogP contribution < -0.4 is 10.2 Å². The molecule has 2 aliphatic heterocycles. The lowest BCUT2D eigenvalue weighted by molar-refractivity contribution is -0.128. The number of halogens is 1. The maximum absolute atomic E-state index is 12.7. The van der Waals surface area contributed by atoms with Crippen molar-refractivity contribution in [2.24, 2.45) is 0 Å². The van der Waals surface area contributed by atoms with Gasteiger partial charge in [0.25, 0.3) is 11.8 Å². The topological polar surface area (TPSA) is 52.7 Å². The fourth-order valence-corrected chi connectivity index (χ4v) is 3.91. The van der Waals surface area contributed by atoms with Crippen LogP contribution in [0, 0.1) is 0 Å². The van der Waals surface area contributed by atoms with E-state index in [0.29, 0.717) is 10.6 Å². The summed E-state index contributed by atoms with van der Waals surface area (Å²) >= 11 is 11.6. The van der Waals surface area contributed by atoms with Crippen molar-refractivity contribution in [3.8, 4) is 0 Å². The monoisotopic (exact) mass is 415 g/mol. The third-order valence-electron chi connectivity index (χ3n) is 5.13. The Morgan fingerprint density at radius 1 is 1.32 bits per heavy atom. The molecule has 0 unspecified atom stereocenters. The molecule has 0 bridgehead atoms. The second-order valence-corrected chi connectivity index (χ2v) is 8.25. The molecule has 7 heteroatoms. The van der Waals surface area contributed by atoms with Gasteiger partial charge in [-0.25, -0.2) is 0 Å². The molecule has 0 aliphatic carbocycles. The number of rotatable bonds is 3. The molecule has 1 fully saturated rings. The van der Waals surface area contributed by atoms with E-state index in [-0.39, 0.29) is 22.8 Å². The third kappa shape index (κ3) is 3.38. The number of nitrogens with zero attached hydrogens (tertiary/aromatic N) is 2. The van der Waals surface area contributed by atoms with Crippen LogP contribution in [0.1, 0.15) is 31.9 Å². The highest BCUT2D eigenvalue weighted by Gasteiger charge is 2.33. The zero-order chi connectivity index (χ0) is 20.8. The van der Waals surface area contributed by atoms with Crippen molar-refractivity contribution in [1.29, 1.82) is 0 Å². The third-order valence-corrected chi connectivity index (χ3v) is 5.78. The van der Waals surface area contributed by atoms with E-state index in [2.05, 4.69) is 36.7 Å². The molecule has 5 nitrogen and oxygen atoms in total. The Bertz CT molecular complexity index is 978. The van der Waals surface area contributed by atoms with Crippen molar-refractivity contribution in [2.75, 3.05) is 18.5 Å². The van der Waals surface area contributed by atoms with E-state index in [4.69, 9.17) is 23.8 Å². The molecule has 0 radical (unpaired) electrons. The Hall–Kier alpha value is -2.44. The molecule has 0 spiro atoms. The average molecular weight is 416 g/mol. The van der Waals surface area contributed by atoms with E-state index in [9.17, 15) is 9.59 Å². The standard InChI is InChI=1S/C21H22ClN3O2S/c1-6-7-25-19(27)15(18(26)23-20(25)28)9-13-8-14-12(2)11-21(3,4)24(5)17(14)10-16(13)22/h6,8-11H,1,7H2,2-5H3,(H,23,26,28)/b15-9-. The minimum atomic E-state index is -0.533. The van der Waals surface area contributed by atoms with E-state index >= 15 is 0 Å². The van der Waals surface area contributed by atoms with E-state index < -0.39 is 11.8 Å². The Morgan fingerprint density at radius 2 is 2.00 bits per heavy atom. The van der Waals surface area contributed by atoms with Gasteiger partial charge in [0.2, 0.25) is 0 Å². The van der Waals surface area contributed by atoms with Gasteiger partial charge in [0.1, 0.15) is 5.57 Å². The van der Waals surface area contributed by atoms with Crippen LogP contribution in [0.15, 0.2) is 36.4 Å². The molecule has 0 aromatic heterocycles. The summed E-state index contributed by atoms with van der Waals surface area (Å²) in [5, 5.41) is 3.08. The predicted octanol–water partition coefficient (Wildman–Crippen LogP) is 3.78. The first kappa shape index (κ1) is 20.3. The molecule has 3 rings (SSSR count). The zero-order valence-electron chi connectivity index (χ0n) is 16.3. The summed E-state index contributed by atoms with van der Waals surface area (Å²) in [6, 6.07) is 3.78. The van der Waals surface area contributed by atoms with Gasteiger partial charge in [-0.3, -0.25) is 19.8 Å². The fraction of sp³-hybridized carbons (Fsp3) is 0.286. The SMILES string of the molecule is C=CCN1C(=O)/C(=C\c2cc3c(cc2Cl)N(C)C(C)(C)C=C3C)C(=O)NC1=S. The highest BCUT2D eigenvalue weighted by molar-refractivity contribution is 7.80. The van der Waals surface area contributed by atoms with Crippen LogP contribution in [0.5, 0.6) is 0 Å². The number of hydrogen-bond acceptors (Lipinski definition) is 4. The summed E-state index contributed by atoms with van der Waals surface area (Å²) in [5.41, 5.74) is 3.59. The normalized spacial score (nSPS) is 20.1. The number of fused-ring (bicyclic) bond motifs is 1. The first-order valence-corrected chi connectivity index (χ1v) is 9.62. The fourth-order valence-electron chi connectivity index (χ4n) is 3.44. The van der Waals surface area contributed by atoms with Gasteiger partial charge in [0, 0.05) is 29.9 Å². The number of anilines is 1. The summed E-state index contributed by atoms with van der Waals surface area (Å²) in [7, 11) is 2.02. The molecule has 2 amide bonds. The average Bonchev–Trinajstić information content (AvgIpc) is 2.60. The van der Waals surface area contributed by atoms with Crippen LogP contribution in [0.25, 0.3) is 11.6 Å². The van der Waals surface area contributed by atoms with E-state index in [1.807, 2.05) is 26.1 Å². The number of amides is 2. The second-order valence-electron chi connectivity index (χ2n) is 7.45. The second kappa shape index (κ2) is 7.18. The number of carbonyl (C=O) groups is 2. The van der Waals surface area contributed by atoms with Crippen molar-refractivity contribution in [3.05, 3.63) is 52.6 Å².